The molecule has 3 atom stereocenters. The highest BCUT2D eigenvalue weighted by Crippen LogP contribution is 2.29. The average Bonchev–Trinajstić information content (AvgIpc) is 3.18. The molecule has 2 aromatic carbocycles. The second kappa shape index (κ2) is 7.94. The van der Waals surface area contributed by atoms with Crippen LogP contribution in [0.5, 0.6) is 0 Å². The molecule has 0 radical (unpaired) electrons. The molecule has 0 aromatic heterocycles. The third-order valence-corrected chi connectivity index (χ3v) is 5.45. The number of amides is 1. The standard InChI is InChI=1S/C20H21ClFN3O2/c21-16-4-2-1-3-15(16)17-11-18(24-23-17)20(26)25-9-10-27-19(12-25)13-5-7-14(22)8-6-13/h1-8,17-19,23-24H,9-12H2. The van der Waals surface area contributed by atoms with Crippen molar-refractivity contribution in [3.63, 3.8) is 0 Å². The summed E-state index contributed by atoms with van der Waals surface area (Å²) in [5, 5.41) is 0.688. The van der Waals surface area contributed by atoms with Gasteiger partial charge in [0.25, 0.3) is 0 Å². The maximum absolute atomic E-state index is 13.1. The van der Waals surface area contributed by atoms with Crippen LogP contribution in [0.4, 0.5) is 4.39 Å². The number of ether oxygens (including phenoxy) is 1. The SMILES string of the molecule is O=C(C1CC(c2ccccc2Cl)NN1)N1CCOC(c2ccc(F)cc2)C1. The predicted molar refractivity (Wildman–Crippen MR) is 101 cm³/mol. The zero-order valence-corrected chi connectivity index (χ0v) is 15.5. The van der Waals surface area contributed by atoms with E-state index in [-0.39, 0.29) is 29.9 Å². The van der Waals surface area contributed by atoms with Gasteiger partial charge in [0.1, 0.15) is 18.0 Å². The molecule has 2 aromatic rings. The first-order valence-electron chi connectivity index (χ1n) is 9.03. The summed E-state index contributed by atoms with van der Waals surface area (Å²) in [7, 11) is 0. The minimum absolute atomic E-state index is 0.0124. The van der Waals surface area contributed by atoms with Gasteiger partial charge in [-0.2, -0.15) is 0 Å². The highest BCUT2D eigenvalue weighted by molar-refractivity contribution is 6.31. The molecule has 7 heteroatoms. The van der Waals surface area contributed by atoms with E-state index in [1.54, 1.807) is 12.1 Å². The van der Waals surface area contributed by atoms with Crippen molar-refractivity contribution in [2.45, 2.75) is 24.6 Å². The Hall–Kier alpha value is -1.99. The topological polar surface area (TPSA) is 53.6 Å². The Morgan fingerprint density at radius 1 is 1.15 bits per heavy atom. The fourth-order valence-electron chi connectivity index (χ4n) is 3.63. The summed E-state index contributed by atoms with van der Waals surface area (Å²) in [5.74, 6) is -0.248. The van der Waals surface area contributed by atoms with E-state index >= 15 is 0 Å². The van der Waals surface area contributed by atoms with E-state index in [9.17, 15) is 9.18 Å². The van der Waals surface area contributed by atoms with Gasteiger partial charge in [-0.15, -0.1) is 0 Å². The summed E-state index contributed by atoms with van der Waals surface area (Å²) in [6.07, 6.45) is 0.387. The van der Waals surface area contributed by atoms with Gasteiger partial charge in [0.15, 0.2) is 0 Å². The van der Waals surface area contributed by atoms with Gasteiger partial charge in [-0.25, -0.2) is 15.2 Å². The number of nitrogens with zero attached hydrogens (tertiary/aromatic N) is 1. The minimum Gasteiger partial charge on any atom is -0.370 e. The van der Waals surface area contributed by atoms with E-state index in [0.29, 0.717) is 31.1 Å². The summed E-state index contributed by atoms with van der Waals surface area (Å²) in [6.45, 7) is 1.47. The summed E-state index contributed by atoms with van der Waals surface area (Å²) >= 11 is 6.27. The average molecular weight is 390 g/mol. The van der Waals surface area contributed by atoms with Gasteiger partial charge in [0, 0.05) is 17.6 Å². The number of hydrazine groups is 1. The molecule has 0 bridgehead atoms. The summed E-state index contributed by atoms with van der Waals surface area (Å²) in [4.78, 5) is 14.8. The maximum atomic E-state index is 13.1. The molecule has 3 unspecified atom stereocenters. The molecule has 0 saturated carbocycles. The number of hydrogen-bond donors (Lipinski definition) is 2. The minimum atomic E-state index is -0.321. The number of carbonyl (C=O) groups is 1. The summed E-state index contributed by atoms with van der Waals surface area (Å²) in [5.41, 5.74) is 8.13. The van der Waals surface area contributed by atoms with Gasteiger partial charge in [-0.05, 0) is 35.7 Å². The van der Waals surface area contributed by atoms with Crippen LogP contribution < -0.4 is 10.9 Å². The van der Waals surface area contributed by atoms with Crippen LogP contribution in [-0.4, -0.2) is 36.5 Å². The van der Waals surface area contributed by atoms with Crippen molar-refractivity contribution in [3.8, 4) is 0 Å². The zero-order chi connectivity index (χ0) is 18.8. The van der Waals surface area contributed by atoms with Crippen molar-refractivity contribution >= 4 is 17.5 Å². The number of carbonyl (C=O) groups excluding carboxylic acids is 1. The van der Waals surface area contributed by atoms with Crippen molar-refractivity contribution in [3.05, 3.63) is 70.5 Å². The molecule has 2 saturated heterocycles. The molecule has 142 valence electrons. The molecule has 27 heavy (non-hydrogen) atoms. The number of morpholine rings is 1. The Kier molecular flexibility index (Phi) is 5.41. The number of benzene rings is 2. The molecule has 1 amide bonds. The van der Waals surface area contributed by atoms with Crippen LogP contribution in [-0.2, 0) is 9.53 Å². The molecule has 0 aliphatic carbocycles. The second-order valence-corrected chi connectivity index (χ2v) is 7.25. The molecule has 2 aliphatic rings. The van der Waals surface area contributed by atoms with E-state index < -0.39 is 0 Å². The van der Waals surface area contributed by atoms with Crippen LogP contribution in [0.1, 0.15) is 29.7 Å². The number of rotatable bonds is 3. The highest BCUT2D eigenvalue weighted by atomic mass is 35.5. The first-order chi connectivity index (χ1) is 13.1. The van der Waals surface area contributed by atoms with Crippen molar-refractivity contribution in [1.82, 2.24) is 15.8 Å². The van der Waals surface area contributed by atoms with Crippen LogP contribution >= 0.6 is 11.6 Å². The quantitative estimate of drug-likeness (QED) is 0.847. The van der Waals surface area contributed by atoms with E-state index in [1.807, 2.05) is 29.2 Å². The molecule has 2 fully saturated rings. The lowest BCUT2D eigenvalue weighted by Crippen LogP contribution is -2.50. The molecule has 2 heterocycles. The van der Waals surface area contributed by atoms with E-state index in [2.05, 4.69) is 10.9 Å². The lowest BCUT2D eigenvalue weighted by atomic mass is 10.0. The molecule has 4 rings (SSSR count). The van der Waals surface area contributed by atoms with Crippen LogP contribution in [0.2, 0.25) is 5.02 Å². The lowest BCUT2D eigenvalue weighted by molar-refractivity contribution is -0.141. The number of hydrogen-bond acceptors (Lipinski definition) is 4. The van der Waals surface area contributed by atoms with Crippen molar-refractivity contribution in [1.29, 1.82) is 0 Å². The van der Waals surface area contributed by atoms with Gasteiger partial charge in [0.2, 0.25) is 5.91 Å². The van der Waals surface area contributed by atoms with Crippen LogP contribution in [0.15, 0.2) is 48.5 Å². The fourth-order valence-corrected chi connectivity index (χ4v) is 3.90. The van der Waals surface area contributed by atoms with E-state index in [1.165, 1.54) is 12.1 Å². The maximum Gasteiger partial charge on any atom is 0.241 e. The van der Waals surface area contributed by atoms with Crippen LogP contribution in [0.25, 0.3) is 0 Å². The van der Waals surface area contributed by atoms with E-state index in [4.69, 9.17) is 16.3 Å². The Morgan fingerprint density at radius 3 is 2.70 bits per heavy atom. The molecule has 5 nitrogen and oxygen atoms in total. The third kappa shape index (κ3) is 3.99. The second-order valence-electron chi connectivity index (χ2n) is 6.85. The first-order valence-corrected chi connectivity index (χ1v) is 9.41. The number of nitrogens with one attached hydrogen (secondary N) is 2. The smallest absolute Gasteiger partial charge is 0.241 e. The third-order valence-electron chi connectivity index (χ3n) is 5.10. The molecule has 2 aliphatic heterocycles. The van der Waals surface area contributed by atoms with Crippen molar-refractivity contribution < 1.29 is 13.9 Å². The first kappa shape index (κ1) is 18.4. The Morgan fingerprint density at radius 2 is 1.93 bits per heavy atom. The van der Waals surface area contributed by atoms with Gasteiger partial charge in [-0.1, -0.05) is 41.9 Å². The van der Waals surface area contributed by atoms with Gasteiger partial charge in [0.05, 0.1) is 13.2 Å². The monoisotopic (exact) mass is 389 g/mol. The predicted octanol–water partition coefficient (Wildman–Crippen LogP) is 2.99. The zero-order valence-electron chi connectivity index (χ0n) is 14.7. The molecule has 0 spiro atoms. The van der Waals surface area contributed by atoms with Crippen LogP contribution in [0.3, 0.4) is 0 Å². The van der Waals surface area contributed by atoms with Crippen molar-refractivity contribution in [2.75, 3.05) is 19.7 Å². The molecular formula is C20H21ClFN3O2. The largest absolute Gasteiger partial charge is 0.370 e. The fraction of sp³-hybridized carbons (Fsp3) is 0.350. The summed E-state index contributed by atoms with van der Waals surface area (Å²) in [6, 6.07) is 13.5. The van der Waals surface area contributed by atoms with Crippen molar-refractivity contribution in [2.24, 2.45) is 0 Å². The Bertz CT molecular complexity index is 817. The molecule has 2 N–H and O–H groups in total. The normalized spacial score (nSPS) is 25.6. The summed E-state index contributed by atoms with van der Waals surface area (Å²) < 4.78 is 18.9. The van der Waals surface area contributed by atoms with Gasteiger partial charge < -0.3 is 9.64 Å². The number of halogens is 2. The van der Waals surface area contributed by atoms with Gasteiger partial charge in [-0.3, -0.25) is 4.79 Å². The Labute approximate surface area is 162 Å². The lowest BCUT2D eigenvalue weighted by Gasteiger charge is -2.34. The van der Waals surface area contributed by atoms with Gasteiger partial charge >= 0.3 is 0 Å². The van der Waals surface area contributed by atoms with Crippen LogP contribution in [0, 0.1) is 5.82 Å². The molecular weight excluding hydrogens is 369 g/mol. The Balaban J connectivity index is 1.41. The van der Waals surface area contributed by atoms with E-state index in [0.717, 1.165) is 11.1 Å². The highest BCUT2D eigenvalue weighted by Gasteiger charge is 2.35.